The van der Waals surface area contributed by atoms with E-state index in [0.29, 0.717) is 6.54 Å². The summed E-state index contributed by atoms with van der Waals surface area (Å²) in [6, 6.07) is 9.20. The molecule has 0 bridgehead atoms. The summed E-state index contributed by atoms with van der Waals surface area (Å²) in [5.41, 5.74) is 6.21. The van der Waals surface area contributed by atoms with Gasteiger partial charge < -0.3 is 10.8 Å². The number of anilines is 1. The molecule has 0 aliphatic heterocycles. The number of rotatable bonds is 3. The van der Waals surface area contributed by atoms with Gasteiger partial charge in [0, 0.05) is 4.47 Å². The SMILES string of the molecule is N#Cc1c(C(=O)O)nn(Cc2ccc(Br)cc2)c1N. The van der Waals surface area contributed by atoms with Gasteiger partial charge in [0.15, 0.2) is 5.69 Å². The zero-order chi connectivity index (χ0) is 14.0. The number of hydrogen-bond donors (Lipinski definition) is 2. The van der Waals surface area contributed by atoms with Crippen molar-refractivity contribution in [2.24, 2.45) is 0 Å². The van der Waals surface area contributed by atoms with Crippen LogP contribution in [0.5, 0.6) is 0 Å². The predicted octanol–water partition coefficient (Wildman–Crippen LogP) is 1.85. The van der Waals surface area contributed by atoms with E-state index in [4.69, 9.17) is 16.1 Å². The van der Waals surface area contributed by atoms with Crippen LogP contribution in [-0.2, 0) is 6.54 Å². The summed E-state index contributed by atoms with van der Waals surface area (Å²) in [5.74, 6) is -1.21. The van der Waals surface area contributed by atoms with Crippen molar-refractivity contribution in [3.8, 4) is 6.07 Å². The van der Waals surface area contributed by atoms with Crippen LogP contribution in [0.1, 0.15) is 21.6 Å². The zero-order valence-electron chi connectivity index (χ0n) is 9.67. The van der Waals surface area contributed by atoms with Crippen molar-refractivity contribution in [3.63, 3.8) is 0 Å². The second-order valence-electron chi connectivity index (χ2n) is 3.81. The second-order valence-corrected chi connectivity index (χ2v) is 4.73. The Morgan fingerprint density at radius 2 is 2.11 bits per heavy atom. The summed E-state index contributed by atoms with van der Waals surface area (Å²) < 4.78 is 2.25. The average Bonchev–Trinajstić information content (AvgIpc) is 2.69. The number of nitrogen functional groups attached to an aromatic ring is 1. The van der Waals surface area contributed by atoms with Crippen molar-refractivity contribution in [1.29, 1.82) is 5.26 Å². The summed E-state index contributed by atoms with van der Waals surface area (Å²) in [5, 5.41) is 21.7. The molecule has 3 N–H and O–H groups in total. The number of halogens is 1. The highest BCUT2D eigenvalue weighted by Gasteiger charge is 2.20. The van der Waals surface area contributed by atoms with E-state index in [-0.39, 0.29) is 17.1 Å². The Bertz CT molecular complexity index is 670. The number of aromatic carboxylic acids is 1. The van der Waals surface area contributed by atoms with Gasteiger partial charge in [0.2, 0.25) is 0 Å². The molecule has 0 radical (unpaired) electrons. The van der Waals surface area contributed by atoms with Crippen LogP contribution < -0.4 is 5.73 Å². The fraction of sp³-hybridized carbons (Fsp3) is 0.0833. The Hall–Kier alpha value is -2.33. The second kappa shape index (κ2) is 5.12. The van der Waals surface area contributed by atoms with Crippen LogP contribution in [0.2, 0.25) is 0 Å². The smallest absolute Gasteiger partial charge is 0.357 e. The normalized spacial score (nSPS) is 10.1. The van der Waals surface area contributed by atoms with Crippen LogP contribution in [0, 0.1) is 11.3 Å². The van der Waals surface area contributed by atoms with E-state index in [0.717, 1.165) is 10.0 Å². The first-order chi connectivity index (χ1) is 9.02. The molecule has 6 nitrogen and oxygen atoms in total. The maximum absolute atomic E-state index is 11.0. The average molecular weight is 321 g/mol. The number of carbonyl (C=O) groups is 1. The lowest BCUT2D eigenvalue weighted by molar-refractivity contribution is 0.0689. The molecule has 0 amide bonds. The molecule has 0 fully saturated rings. The van der Waals surface area contributed by atoms with E-state index in [1.54, 1.807) is 6.07 Å². The number of benzene rings is 1. The molecule has 0 atom stereocenters. The third-order valence-electron chi connectivity index (χ3n) is 2.55. The molecular formula is C12H9BrN4O2. The molecule has 96 valence electrons. The quantitative estimate of drug-likeness (QED) is 0.897. The Balaban J connectivity index is 2.39. The van der Waals surface area contributed by atoms with E-state index in [1.165, 1.54) is 4.68 Å². The molecule has 0 spiro atoms. The first-order valence-electron chi connectivity index (χ1n) is 5.27. The molecule has 0 aliphatic carbocycles. The molecule has 2 aromatic rings. The largest absolute Gasteiger partial charge is 0.476 e. The monoisotopic (exact) mass is 320 g/mol. The van der Waals surface area contributed by atoms with Gasteiger partial charge in [-0.3, -0.25) is 0 Å². The fourth-order valence-corrected chi connectivity index (χ4v) is 1.88. The van der Waals surface area contributed by atoms with Crippen molar-refractivity contribution in [2.45, 2.75) is 6.54 Å². The van der Waals surface area contributed by atoms with Crippen LogP contribution >= 0.6 is 15.9 Å². The lowest BCUT2D eigenvalue weighted by atomic mass is 10.2. The van der Waals surface area contributed by atoms with Gasteiger partial charge >= 0.3 is 5.97 Å². The van der Waals surface area contributed by atoms with E-state index in [1.807, 2.05) is 24.3 Å². The van der Waals surface area contributed by atoms with Crippen molar-refractivity contribution in [3.05, 3.63) is 45.6 Å². The molecule has 0 unspecified atom stereocenters. The highest BCUT2D eigenvalue weighted by molar-refractivity contribution is 9.10. The van der Waals surface area contributed by atoms with E-state index in [2.05, 4.69) is 21.0 Å². The molecule has 7 heteroatoms. The minimum Gasteiger partial charge on any atom is -0.476 e. The predicted molar refractivity (Wildman–Crippen MR) is 71.6 cm³/mol. The summed E-state index contributed by atoms with van der Waals surface area (Å²) >= 11 is 3.32. The Labute approximate surface area is 117 Å². The first kappa shape index (κ1) is 13.1. The van der Waals surface area contributed by atoms with Gasteiger partial charge in [-0.25, -0.2) is 9.48 Å². The van der Waals surface area contributed by atoms with Crippen LogP contribution in [0.4, 0.5) is 5.82 Å². The van der Waals surface area contributed by atoms with Gasteiger partial charge in [0.1, 0.15) is 17.5 Å². The van der Waals surface area contributed by atoms with Gasteiger partial charge in [-0.15, -0.1) is 0 Å². The van der Waals surface area contributed by atoms with Gasteiger partial charge in [-0.05, 0) is 17.7 Å². The minimum absolute atomic E-state index is 0.0582. The minimum atomic E-state index is -1.27. The Morgan fingerprint density at radius 1 is 1.47 bits per heavy atom. The molecule has 1 heterocycles. The van der Waals surface area contributed by atoms with Gasteiger partial charge in [-0.1, -0.05) is 28.1 Å². The zero-order valence-corrected chi connectivity index (χ0v) is 11.3. The number of carboxylic acid groups (broad SMARTS) is 1. The molecule has 0 saturated carbocycles. The number of nitrogens with two attached hydrogens (primary N) is 1. The molecule has 1 aromatic heterocycles. The first-order valence-corrected chi connectivity index (χ1v) is 6.06. The van der Waals surface area contributed by atoms with Crippen molar-refractivity contribution in [1.82, 2.24) is 9.78 Å². The maximum atomic E-state index is 11.0. The summed E-state index contributed by atoms with van der Waals surface area (Å²) in [6.07, 6.45) is 0. The van der Waals surface area contributed by atoms with E-state index >= 15 is 0 Å². The molecule has 0 aliphatic rings. The maximum Gasteiger partial charge on any atom is 0.357 e. The molecule has 0 saturated heterocycles. The Morgan fingerprint density at radius 3 is 2.58 bits per heavy atom. The number of aromatic nitrogens is 2. The number of hydrogen-bond acceptors (Lipinski definition) is 4. The third-order valence-corrected chi connectivity index (χ3v) is 3.08. The molecule has 2 rings (SSSR count). The lowest BCUT2D eigenvalue weighted by Gasteiger charge is -2.04. The summed E-state index contributed by atoms with van der Waals surface area (Å²) in [4.78, 5) is 11.0. The van der Waals surface area contributed by atoms with Gasteiger partial charge in [0.25, 0.3) is 0 Å². The van der Waals surface area contributed by atoms with Crippen LogP contribution in [0.15, 0.2) is 28.7 Å². The van der Waals surface area contributed by atoms with Gasteiger partial charge in [0.05, 0.1) is 6.54 Å². The fourth-order valence-electron chi connectivity index (χ4n) is 1.62. The van der Waals surface area contributed by atoms with E-state index < -0.39 is 5.97 Å². The highest BCUT2D eigenvalue weighted by Crippen LogP contribution is 2.18. The standard InChI is InChI=1S/C12H9BrN4O2/c13-8-3-1-7(2-4-8)6-17-11(15)9(5-14)10(16-17)12(18)19/h1-4H,6,15H2,(H,18,19). The Kier molecular flexibility index (Phi) is 3.53. The van der Waals surface area contributed by atoms with Crippen molar-refractivity contribution >= 4 is 27.7 Å². The van der Waals surface area contributed by atoms with Crippen molar-refractivity contribution < 1.29 is 9.90 Å². The lowest BCUT2D eigenvalue weighted by Crippen LogP contribution is -2.07. The highest BCUT2D eigenvalue weighted by atomic mass is 79.9. The molecule has 1 aromatic carbocycles. The number of carboxylic acids is 1. The topological polar surface area (TPSA) is 105 Å². The van der Waals surface area contributed by atoms with Crippen LogP contribution in [-0.4, -0.2) is 20.9 Å². The van der Waals surface area contributed by atoms with Gasteiger partial charge in [-0.2, -0.15) is 10.4 Å². The molecular weight excluding hydrogens is 312 g/mol. The summed E-state index contributed by atoms with van der Waals surface area (Å²) in [6.45, 7) is 0.307. The third kappa shape index (κ3) is 2.58. The van der Waals surface area contributed by atoms with Crippen LogP contribution in [0.25, 0.3) is 0 Å². The van der Waals surface area contributed by atoms with Crippen molar-refractivity contribution in [2.75, 3.05) is 5.73 Å². The number of nitrogens with zero attached hydrogens (tertiary/aromatic N) is 3. The van der Waals surface area contributed by atoms with Crippen LogP contribution in [0.3, 0.4) is 0 Å². The van der Waals surface area contributed by atoms with E-state index in [9.17, 15) is 4.79 Å². The summed E-state index contributed by atoms with van der Waals surface area (Å²) in [7, 11) is 0. The number of nitriles is 1. The molecule has 19 heavy (non-hydrogen) atoms.